The van der Waals surface area contributed by atoms with Crippen LogP contribution in [-0.2, 0) is 0 Å². The van der Waals surface area contributed by atoms with E-state index in [1.54, 1.807) is 0 Å². The van der Waals surface area contributed by atoms with Gasteiger partial charge in [0.1, 0.15) is 0 Å². The molecular formula is C9H14N2. The summed E-state index contributed by atoms with van der Waals surface area (Å²) in [7, 11) is 0. The molecule has 1 fully saturated rings. The van der Waals surface area contributed by atoms with E-state index in [1.165, 1.54) is 18.5 Å². The Bertz CT molecular complexity index is 229. The van der Waals surface area contributed by atoms with Crippen molar-refractivity contribution in [3.05, 3.63) is 18.2 Å². The van der Waals surface area contributed by atoms with E-state index in [2.05, 4.69) is 29.6 Å². The zero-order chi connectivity index (χ0) is 7.84. The Morgan fingerprint density at radius 2 is 2.27 bits per heavy atom. The summed E-state index contributed by atoms with van der Waals surface area (Å²) in [4.78, 5) is 4.36. The van der Waals surface area contributed by atoms with Crippen molar-refractivity contribution in [2.75, 3.05) is 0 Å². The van der Waals surface area contributed by atoms with Crippen LogP contribution in [0.2, 0.25) is 0 Å². The van der Waals surface area contributed by atoms with Gasteiger partial charge in [0.05, 0.1) is 12.0 Å². The molecule has 2 nitrogen and oxygen atoms in total. The quantitative estimate of drug-likeness (QED) is 0.632. The summed E-state index contributed by atoms with van der Waals surface area (Å²) in [5.74, 6) is 0.787. The van der Waals surface area contributed by atoms with Gasteiger partial charge in [0.15, 0.2) is 0 Å². The van der Waals surface area contributed by atoms with E-state index in [0.717, 1.165) is 5.92 Å². The minimum Gasteiger partial charge on any atom is -0.335 e. The molecule has 0 N–H and O–H groups in total. The van der Waals surface area contributed by atoms with Crippen LogP contribution in [0.4, 0.5) is 0 Å². The molecule has 1 aliphatic carbocycles. The van der Waals surface area contributed by atoms with E-state index < -0.39 is 0 Å². The molecule has 2 rings (SSSR count). The van der Waals surface area contributed by atoms with Gasteiger partial charge in [-0.3, -0.25) is 0 Å². The van der Waals surface area contributed by atoms with Gasteiger partial charge in [0, 0.05) is 18.2 Å². The second-order valence-electron chi connectivity index (χ2n) is 3.61. The van der Waals surface area contributed by atoms with E-state index >= 15 is 0 Å². The molecule has 0 aliphatic heterocycles. The minimum atomic E-state index is 0.551. The highest BCUT2D eigenvalue weighted by atomic mass is 15.1. The number of rotatable bonds is 2. The summed E-state index contributed by atoms with van der Waals surface area (Å²) in [5.41, 5.74) is 1.29. The topological polar surface area (TPSA) is 17.8 Å². The zero-order valence-corrected chi connectivity index (χ0v) is 7.12. The lowest BCUT2D eigenvalue weighted by Gasteiger charge is -2.03. The van der Waals surface area contributed by atoms with E-state index in [4.69, 9.17) is 0 Å². The average Bonchev–Trinajstić information content (AvgIpc) is 2.68. The van der Waals surface area contributed by atoms with E-state index in [1.807, 2.05) is 6.33 Å². The molecule has 0 aromatic carbocycles. The van der Waals surface area contributed by atoms with Crippen LogP contribution in [0.1, 0.15) is 44.3 Å². The van der Waals surface area contributed by atoms with Crippen LogP contribution < -0.4 is 0 Å². The molecule has 1 heterocycles. The molecule has 0 saturated heterocycles. The Kier molecular flexibility index (Phi) is 1.48. The smallest absolute Gasteiger partial charge is 0.0951 e. The van der Waals surface area contributed by atoms with Crippen LogP contribution >= 0.6 is 0 Å². The lowest BCUT2D eigenvalue weighted by molar-refractivity contribution is 0.599. The molecule has 0 bridgehead atoms. The zero-order valence-electron chi connectivity index (χ0n) is 7.12. The van der Waals surface area contributed by atoms with Crippen molar-refractivity contribution in [3.63, 3.8) is 0 Å². The van der Waals surface area contributed by atoms with Crippen LogP contribution in [0, 0.1) is 0 Å². The second kappa shape index (κ2) is 2.36. The number of hydrogen-bond acceptors (Lipinski definition) is 1. The summed E-state index contributed by atoms with van der Waals surface area (Å²) in [6, 6.07) is 0.551. The van der Waals surface area contributed by atoms with Crippen molar-refractivity contribution in [3.8, 4) is 0 Å². The fourth-order valence-corrected chi connectivity index (χ4v) is 1.23. The van der Waals surface area contributed by atoms with Crippen molar-refractivity contribution in [2.24, 2.45) is 0 Å². The second-order valence-corrected chi connectivity index (χ2v) is 3.61. The molecule has 1 saturated carbocycles. The first-order valence-electron chi connectivity index (χ1n) is 4.30. The van der Waals surface area contributed by atoms with Crippen molar-refractivity contribution >= 4 is 0 Å². The van der Waals surface area contributed by atoms with Crippen LogP contribution in [-0.4, -0.2) is 9.55 Å². The Labute approximate surface area is 67.3 Å². The van der Waals surface area contributed by atoms with Gasteiger partial charge in [-0.25, -0.2) is 4.98 Å². The maximum absolute atomic E-state index is 4.36. The first-order valence-corrected chi connectivity index (χ1v) is 4.30. The van der Waals surface area contributed by atoms with Gasteiger partial charge in [-0.05, 0) is 26.7 Å². The van der Waals surface area contributed by atoms with Crippen molar-refractivity contribution in [1.29, 1.82) is 0 Å². The fourth-order valence-electron chi connectivity index (χ4n) is 1.23. The third-order valence-electron chi connectivity index (χ3n) is 2.21. The largest absolute Gasteiger partial charge is 0.335 e. The van der Waals surface area contributed by atoms with Crippen molar-refractivity contribution in [1.82, 2.24) is 9.55 Å². The molecule has 11 heavy (non-hydrogen) atoms. The predicted molar refractivity (Wildman–Crippen MR) is 44.6 cm³/mol. The van der Waals surface area contributed by atoms with Gasteiger partial charge >= 0.3 is 0 Å². The van der Waals surface area contributed by atoms with Crippen LogP contribution in [0.25, 0.3) is 0 Å². The van der Waals surface area contributed by atoms with Crippen molar-refractivity contribution in [2.45, 2.75) is 38.6 Å². The standard InChI is InChI=1S/C9H14N2/c1-7(2)11-5-9(10-6-11)8-3-4-8/h5-8H,3-4H2,1-2H3. The number of aromatic nitrogens is 2. The SMILES string of the molecule is CC(C)n1cnc(C2CC2)c1. The number of imidazole rings is 1. The molecular weight excluding hydrogens is 136 g/mol. The summed E-state index contributed by atoms with van der Waals surface area (Å²) in [5, 5.41) is 0. The molecule has 0 atom stereocenters. The Hall–Kier alpha value is -0.790. The van der Waals surface area contributed by atoms with E-state index in [9.17, 15) is 0 Å². The van der Waals surface area contributed by atoms with Gasteiger partial charge in [-0.1, -0.05) is 0 Å². The third kappa shape index (κ3) is 1.30. The monoisotopic (exact) mass is 150 g/mol. The molecule has 1 aliphatic rings. The van der Waals surface area contributed by atoms with Gasteiger partial charge in [-0.2, -0.15) is 0 Å². The predicted octanol–water partition coefficient (Wildman–Crippen LogP) is 2.34. The molecule has 0 amide bonds. The molecule has 1 aromatic heterocycles. The Balaban J connectivity index is 2.18. The summed E-state index contributed by atoms with van der Waals surface area (Å²) in [6.45, 7) is 4.36. The fraction of sp³-hybridized carbons (Fsp3) is 0.667. The van der Waals surface area contributed by atoms with Gasteiger partial charge < -0.3 is 4.57 Å². The molecule has 2 heteroatoms. The molecule has 60 valence electrons. The maximum atomic E-state index is 4.36. The van der Waals surface area contributed by atoms with Crippen molar-refractivity contribution < 1.29 is 0 Å². The number of nitrogens with zero attached hydrogens (tertiary/aromatic N) is 2. The minimum absolute atomic E-state index is 0.551. The molecule has 0 radical (unpaired) electrons. The van der Waals surface area contributed by atoms with E-state index in [0.29, 0.717) is 6.04 Å². The van der Waals surface area contributed by atoms with Crippen LogP contribution in [0.5, 0.6) is 0 Å². The molecule has 0 spiro atoms. The highest BCUT2D eigenvalue weighted by Crippen LogP contribution is 2.38. The van der Waals surface area contributed by atoms with Gasteiger partial charge in [-0.15, -0.1) is 0 Å². The Morgan fingerprint density at radius 3 is 2.73 bits per heavy atom. The maximum Gasteiger partial charge on any atom is 0.0951 e. The number of hydrogen-bond donors (Lipinski definition) is 0. The summed E-state index contributed by atoms with van der Waals surface area (Å²) in [6.07, 6.45) is 6.81. The lowest BCUT2D eigenvalue weighted by Crippen LogP contribution is -1.95. The Morgan fingerprint density at radius 1 is 1.55 bits per heavy atom. The van der Waals surface area contributed by atoms with E-state index in [-0.39, 0.29) is 0 Å². The first-order chi connectivity index (χ1) is 5.27. The normalized spacial score (nSPS) is 17.7. The third-order valence-corrected chi connectivity index (χ3v) is 2.21. The summed E-state index contributed by atoms with van der Waals surface area (Å²) < 4.78 is 2.17. The summed E-state index contributed by atoms with van der Waals surface area (Å²) >= 11 is 0. The van der Waals surface area contributed by atoms with Gasteiger partial charge in [0.2, 0.25) is 0 Å². The van der Waals surface area contributed by atoms with Crippen LogP contribution in [0.15, 0.2) is 12.5 Å². The highest BCUT2D eigenvalue weighted by molar-refractivity contribution is 5.11. The first kappa shape index (κ1) is 6.89. The van der Waals surface area contributed by atoms with Gasteiger partial charge in [0.25, 0.3) is 0 Å². The van der Waals surface area contributed by atoms with Crippen LogP contribution in [0.3, 0.4) is 0 Å². The highest BCUT2D eigenvalue weighted by Gasteiger charge is 2.25. The molecule has 1 aromatic rings. The molecule has 0 unspecified atom stereocenters. The lowest BCUT2D eigenvalue weighted by atomic mass is 10.3. The average molecular weight is 150 g/mol.